The molecule has 0 bridgehead atoms. The summed E-state index contributed by atoms with van der Waals surface area (Å²) in [5, 5.41) is 12.8. The molecule has 0 spiro atoms. The fourth-order valence-corrected chi connectivity index (χ4v) is 1.85. The highest BCUT2D eigenvalue weighted by Gasteiger charge is 2.12. The van der Waals surface area contributed by atoms with Crippen LogP contribution in [0.15, 0.2) is 24.3 Å². The lowest BCUT2D eigenvalue weighted by atomic mass is 10.0. The first kappa shape index (κ1) is 15.0. The number of rotatable bonds is 6. The normalized spacial score (nSPS) is 14.0. The lowest BCUT2D eigenvalue weighted by Gasteiger charge is -2.17. The van der Waals surface area contributed by atoms with Gasteiger partial charge in [-0.15, -0.1) is 0 Å². The molecule has 3 nitrogen and oxygen atoms in total. The Labute approximate surface area is 113 Å². The van der Waals surface area contributed by atoms with Crippen molar-refractivity contribution < 1.29 is 9.90 Å². The summed E-state index contributed by atoms with van der Waals surface area (Å²) in [5.41, 5.74) is 1.05. The standard InChI is InChI=1S/C14H20ClNO2/c1-3-13(11-5-7-12(15)8-6-11)16-14(18)9-4-10(2)17/h5-8,10,13,17H,3-4,9H2,1-2H3,(H,16,18). The minimum absolute atomic E-state index is 0.00349. The Morgan fingerprint density at radius 3 is 2.50 bits per heavy atom. The molecule has 4 heteroatoms. The zero-order valence-corrected chi connectivity index (χ0v) is 11.6. The number of hydrogen-bond acceptors (Lipinski definition) is 2. The zero-order chi connectivity index (χ0) is 13.5. The van der Waals surface area contributed by atoms with Gasteiger partial charge in [0, 0.05) is 11.4 Å². The van der Waals surface area contributed by atoms with E-state index in [1.165, 1.54) is 0 Å². The largest absolute Gasteiger partial charge is 0.393 e. The van der Waals surface area contributed by atoms with E-state index in [1.54, 1.807) is 6.92 Å². The van der Waals surface area contributed by atoms with E-state index in [4.69, 9.17) is 16.7 Å². The second-order valence-electron chi connectivity index (χ2n) is 4.47. The molecule has 0 saturated carbocycles. The van der Waals surface area contributed by atoms with E-state index < -0.39 is 6.10 Å². The van der Waals surface area contributed by atoms with Gasteiger partial charge in [0.15, 0.2) is 0 Å². The van der Waals surface area contributed by atoms with Crippen LogP contribution in [0, 0.1) is 0 Å². The van der Waals surface area contributed by atoms with Gasteiger partial charge in [-0.2, -0.15) is 0 Å². The van der Waals surface area contributed by atoms with Crippen LogP contribution in [0.25, 0.3) is 0 Å². The molecule has 0 aliphatic carbocycles. The molecule has 100 valence electrons. The van der Waals surface area contributed by atoms with Crippen molar-refractivity contribution in [3.63, 3.8) is 0 Å². The third-order valence-corrected chi connectivity index (χ3v) is 3.06. The van der Waals surface area contributed by atoms with E-state index in [-0.39, 0.29) is 11.9 Å². The molecular weight excluding hydrogens is 250 g/mol. The Bertz CT molecular complexity index is 376. The number of benzene rings is 1. The Morgan fingerprint density at radius 1 is 1.39 bits per heavy atom. The van der Waals surface area contributed by atoms with Gasteiger partial charge in [-0.3, -0.25) is 4.79 Å². The van der Waals surface area contributed by atoms with Gasteiger partial charge in [0.2, 0.25) is 5.91 Å². The van der Waals surface area contributed by atoms with E-state index in [2.05, 4.69) is 5.32 Å². The lowest BCUT2D eigenvalue weighted by molar-refractivity contribution is -0.122. The average Bonchev–Trinajstić information content (AvgIpc) is 2.34. The van der Waals surface area contributed by atoms with Crippen molar-refractivity contribution in [3.05, 3.63) is 34.9 Å². The smallest absolute Gasteiger partial charge is 0.220 e. The van der Waals surface area contributed by atoms with Gasteiger partial charge in [-0.1, -0.05) is 30.7 Å². The first-order valence-corrected chi connectivity index (χ1v) is 6.63. The molecule has 0 aromatic heterocycles. The summed E-state index contributed by atoms with van der Waals surface area (Å²) in [4.78, 5) is 11.7. The predicted molar refractivity (Wildman–Crippen MR) is 73.5 cm³/mol. The maximum Gasteiger partial charge on any atom is 0.220 e. The van der Waals surface area contributed by atoms with Crippen LogP contribution in [0.1, 0.15) is 44.7 Å². The van der Waals surface area contributed by atoms with Crippen molar-refractivity contribution in [1.82, 2.24) is 5.32 Å². The molecule has 0 aliphatic rings. The van der Waals surface area contributed by atoms with Crippen LogP contribution in [0.4, 0.5) is 0 Å². The molecule has 1 rings (SSSR count). The number of amides is 1. The Balaban J connectivity index is 2.56. The van der Waals surface area contributed by atoms with Gasteiger partial charge < -0.3 is 10.4 Å². The van der Waals surface area contributed by atoms with Crippen molar-refractivity contribution >= 4 is 17.5 Å². The Kier molecular flexibility index (Phi) is 6.16. The minimum atomic E-state index is -0.439. The summed E-state index contributed by atoms with van der Waals surface area (Å²) < 4.78 is 0. The van der Waals surface area contributed by atoms with Gasteiger partial charge in [-0.05, 0) is 37.5 Å². The summed E-state index contributed by atoms with van der Waals surface area (Å²) in [6.45, 7) is 3.71. The van der Waals surface area contributed by atoms with Crippen LogP contribution in [0.2, 0.25) is 5.02 Å². The molecule has 0 saturated heterocycles. The van der Waals surface area contributed by atoms with E-state index in [0.717, 1.165) is 12.0 Å². The average molecular weight is 270 g/mol. The monoisotopic (exact) mass is 269 g/mol. The SMILES string of the molecule is CCC(NC(=O)CCC(C)O)c1ccc(Cl)cc1. The molecule has 1 amide bonds. The molecule has 18 heavy (non-hydrogen) atoms. The van der Waals surface area contributed by atoms with Gasteiger partial charge >= 0.3 is 0 Å². The third-order valence-electron chi connectivity index (χ3n) is 2.81. The molecule has 0 fully saturated rings. The number of hydrogen-bond donors (Lipinski definition) is 2. The van der Waals surface area contributed by atoms with Gasteiger partial charge in [0.25, 0.3) is 0 Å². The highest BCUT2D eigenvalue weighted by Crippen LogP contribution is 2.19. The number of carbonyl (C=O) groups excluding carboxylic acids is 1. The number of aliphatic hydroxyl groups excluding tert-OH is 1. The van der Waals surface area contributed by atoms with Gasteiger partial charge in [0.05, 0.1) is 12.1 Å². The summed E-state index contributed by atoms with van der Waals surface area (Å²) in [6, 6.07) is 7.49. The van der Waals surface area contributed by atoms with Crippen molar-refractivity contribution in [3.8, 4) is 0 Å². The predicted octanol–water partition coefficient (Wildman–Crippen LogP) is 3.07. The molecule has 0 aliphatic heterocycles. The minimum Gasteiger partial charge on any atom is -0.393 e. The molecule has 1 aromatic rings. The van der Waals surface area contributed by atoms with E-state index in [1.807, 2.05) is 31.2 Å². The molecule has 0 heterocycles. The molecule has 2 N–H and O–H groups in total. The third kappa shape index (κ3) is 5.07. The quantitative estimate of drug-likeness (QED) is 0.834. The molecule has 2 atom stereocenters. The second kappa shape index (κ2) is 7.39. The second-order valence-corrected chi connectivity index (χ2v) is 4.90. The molecule has 0 radical (unpaired) electrons. The van der Waals surface area contributed by atoms with Crippen LogP contribution in [0.5, 0.6) is 0 Å². The first-order valence-electron chi connectivity index (χ1n) is 6.25. The van der Waals surface area contributed by atoms with E-state index >= 15 is 0 Å². The van der Waals surface area contributed by atoms with Crippen molar-refractivity contribution in [2.24, 2.45) is 0 Å². The number of nitrogens with one attached hydrogen (secondary N) is 1. The topological polar surface area (TPSA) is 49.3 Å². The maximum atomic E-state index is 11.7. The van der Waals surface area contributed by atoms with Gasteiger partial charge in [0.1, 0.15) is 0 Å². The Hall–Kier alpha value is -1.06. The molecule has 1 aromatic carbocycles. The lowest BCUT2D eigenvalue weighted by Crippen LogP contribution is -2.28. The fraction of sp³-hybridized carbons (Fsp3) is 0.500. The molecule has 2 unspecified atom stereocenters. The van der Waals surface area contributed by atoms with Crippen LogP contribution in [0.3, 0.4) is 0 Å². The fourth-order valence-electron chi connectivity index (χ4n) is 1.72. The van der Waals surface area contributed by atoms with Crippen LogP contribution in [-0.2, 0) is 4.79 Å². The number of aliphatic hydroxyl groups is 1. The van der Waals surface area contributed by atoms with Crippen LogP contribution < -0.4 is 5.32 Å². The van der Waals surface area contributed by atoms with Crippen LogP contribution in [-0.4, -0.2) is 17.1 Å². The summed E-state index contributed by atoms with van der Waals surface area (Å²) in [5.74, 6) is -0.0299. The molecular formula is C14H20ClNO2. The number of halogens is 1. The summed E-state index contributed by atoms with van der Waals surface area (Å²) in [7, 11) is 0. The first-order chi connectivity index (χ1) is 8.52. The van der Waals surface area contributed by atoms with Gasteiger partial charge in [-0.25, -0.2) is 0 Å². The van der Waals surface area contributed by atoms with Crippen molar-refractivity contribution in [1.29, 1.82) is 0 Å². The highest BCUT2D eigenvalue weighted by molar-refractivity contribution is 6.30. The van der Waals surface area contributed by atoms with E-state index in [9.17, 15) is 4.79 Å². The summed E-state index contributed by atoms with van der Waals surface area (Å²) in [6.07, 6.45) is 1.22. The van der Waals surface area contributed by atoms with Crippen molar-refractivity contribution in [2.75, 3.05) is 0 Å². The number of carbonyl (C=O) groups is 1. The maximum absolute atomic E-state index is 11.7. The summed E-state index contributed by atoms with van der Waals surface area (Å²) >= 11 is 5.83. The Morgan fingerprint density at radius 2 is 2.00 bits per heavy atom. The van der Waals surface area contributed by atoms with E-state index in [0.29, 0.717) is 17.9 Å². The van der Waals surface area contributed by atoms with Crippen LogP contribution >= 0.6 is 11.6 Å². The highest BCUT2D eigenvalue weighted by atomic mass is 35.5. The zero-order valence-electron chi connectivity index (χ0n) is 10.8. The van der Waals surface area contributed by atoms with Crippen molar-refractivity contribution in [2.45, 2.75) is 45.3 Å².